The molecule has 0 aliphatic carbocycles. The number of rotatable bonds is 7. The number of hydrogen-bond donors (Lipinski definition) is 0. The predicted molar refractivity (Wildman–Crippen MR) is 64.6 cm³/mol. The molecule has 1 amide bonds. The highest BCUT2D eigenvalue weighted by molar-refractivity contribution is 5.88. The lowest BCUT2D eigenvalue weighted by molar-refractivity contribution is -0.158. The average Bonchev–Trinajstić information content (AvgIpc) is 2.36. The lowest BCUT2D eigenvalue weighted by atomic mass is 10.0. The van der Waals surface area contributed by atoms with E-state index in [0.29, 0.717) is 13.0 Å². The van der Waals surface area contributed by atoms with E-state index in [0.717, 1.165) is 6.42 Å². The van der Waals surface area contributed by atoms with Crippen molar-refractivity contribution in [1.82, 2.24) is 4.90 Å². The van der Waals surface area contributed by atoms with Crippen LogP contribution in [0.25, 0.3) is 0 Å². The van der Waals surface area contributed by atoms with Crippen molar-refractivity contribution in [3.8, 4) is 0 Å². The van der Waals surface area contributed by atoms with Gasteiger partial charge in [0, 0.05) is 13.7 Å². The summed E-state index contributed by atoms with van der Waals surface area (Å²) >= 11 is 0. The fourth-order valence-corrected chi connectivity index (χ4v) is 1.46. The van der Waals surface area contributed by atoms with Gasteiger partial charge in [0.1, 0.15) is 12.1 Å². The Bertz CT molecular complexity index is 261. The summed E-state index contributed by atoms with van der Waals surface area (Å²) in [7, 11) is 2.82. The number of amides is 1. The molecule has 0 fully saturated rings. The van der Waals surface area contributed by atoms with E-state index in [-0.39, 0.29) is 12.5 Å². The van der Waals surface area contributed by atoms with Gasteiger partial charge < -0.3 is 14.4 Å². The van der Waals surface area contributed by atoms with E-state index < -0.39 is 11.6 Å². The number of hydrogen-bond acceptors (Lipinski definition) is 4. The normalized spacial score (nSPS) is 13.9. The Morgan fingerprint density at radius 1 is 1.24 bits per heavy atom. The summed E-state index contributed by atoms with van der Waals surface area (Å²) in [6.07, 6.45) is 1.34. The highest BCUT2D eigenvalue weighted by atomic mass is 16.5. The third-order valence-corrected chi connectivity index (χ3v) is 2.91. The molecule has 0 saturated carbocycles. The third kappa shape index (κ3) is 4.34. The number of methoxy groups -OCH3 is 2. The molecule has 0 N–H and O–H groups in total. The van der Waals surface area contributed by atoms with Crippen LogP contribution in [0.2, 0.25) is 0 Å². The van der Waals surface area contributed by atoms with Crippen molar-refractivity contribution in [1.29, 1.82) is 0 Å². The van der Waals surface area contributed by atoms with Crippen LogP contribution in [0.4, 0.5) is 0 Å². The van der Waals surface area contributed by atoms with Gasteiger partial charge in [-0.2, -0.15) is 0 Å². The molecule has 0 bridgehead atoms. The van der Waals surface area contributed by atoms with Gasteiger partial charge in [0.15, 0.2) is 0 Å². The highest BCUT2D eigenvalue weighted by Crippen LogP contribution is 2.18. The van der Waals surface area contributed by atoms with Crippen LogP contribution in [0.15, 0.2) is 0 Å². The molecular formula is C12H23NO4. The number of carbonyl (C=O) groups excluding carboxylic acids is 2. The third-order valence-electron chi connectivity index (χ3n) is 2.91. The molecule has 100 valence electrons. The zero-order chi connectivity index (χ0) is 13.5. The van der Waals surface area contributed by atoms with Gasteiger partial charge in [-0.3, -0.25) is 9.59 Å². The quantitative estimate of drug-likeness (QED) is 0.633. The molecule has 1 atom stereocenters. The van der Waals surface area contributed by atoms with Crippen molar-refractivity contribution < 1.29 is 19.1 Å². The molecule has 17 heavy (non-hydrogen) atoms. The van der Waals surface area contributed by atoms with Crippen molar-refractivity contribution in [2.24, 2.45) is 0 Å². The average molecular weight is 245 g/mol. The minimum atomic E-state index is -0.872. The lowest BCUT2D eigenvalue weighted by Crippen LogP contribution is -2.50. The minimum absolute atomic E-state index is 0.0257. The molecule has 5 heteroatoms. The lowest BCUT2D eigenvalue weighted by Gasteiger charge is -2.32. The first-order valence-electron chi connectivity index (χ1n) is 5.86. The van der Waals surface area contributed by atoms with E-state index in [9.17, 15) is 9.59 Å². The van der Waals surface area contributed by atoms with E-state index in [1.807, 2.05) is 13.8 Å². The van der Waals surface area contributed by atoms with Gasteiger partial charge in [0.2, 0.25) is 0 Å². The van der Waals surface area contributed by atoms with Crippen molar-refractivity contribution in [2.45, 2.75) is 39.2 Å². The van der Waals surface area contributed by atoms with Gasteiger partial charge in [0.25, 0.3) is 5.91 Å². The molecule has 0 aromatic heterocycles. The Balaban J connectivity index is 4.80. The van der Waals surface area contributed by atoms with Crippen LogP contribution in [0.5, 0.6) is 0 Å². The van der Waals surface area contributed by atoms with Crippen molar-refractivity contribution >= 4 is 11.9 Å². The smallest absolute Gasteiger partial charge is 0.325 e. The van der Waals surface area contributed by atoms with Crippen LogP contribution < -0.4 is 0 Å². The van der Waals surface area contributed by atoms with E-state index in [1.165, 1.54) is 19.1 Å². The van der Waals surface area contributed by atoms with Gasteiger partial charge in [-0.05, 0) is 19.8 Å². The summed E-state index contributed by atoms with van der Waals surface area (Å²) in [6.45, 7) is 6.06. The zero-order valence-electron chi connectivity index (χ0n) is 11.4. The SMILES string of the molecule is CCCN(CC(=O)OC)C(=O)C(C)(CC)OC. The molecule has 1 unspecified atom stereocenters. The molecule has 0 aromatic carbocycles. The summed E-state index contributed by atoms with van der Waals surface area (Å²) in [5, 5.41) is 0. The predicted octanol–water partition coefficient (Wildman–Crippen LogP) is 1.21. The number of ether oxygens (including phenoxy) is 2. The first-order chi connectivity index (χ1) is 7.95. The molecular weight excluding hydrogens is 222 g/mol. The van der Waals surface area contributed by atoms with Crippen LogP contribution in [0.3, 0.4) is 0 Å². The van der Waals surface area contributed by atoms with Crippen molar-refractivity contribution in [3.05, 3.63) is 0 Å². The topological polar surface area (TPSA) is 55.8 Å². The molecule has 0 saturated heterocycles. The van der Waals surface area contributed by atoms with E-state index in [2.05, 4.69) is 4.74 Å². The fourth-order valence-electron chi connectivity index (χ4n) is 1.46. The number of carbonyl (C=O) groups is 2. The van der Waals surface area contributed by atoms with Gasteiger partial charge >= 0.3 is 5.97 Å². The maximum absolute atomic E-state index is 12.3. The highest BCUT2D eigenvalue weighted by Gasteiger charge is 2.35. The molecule has 0 heterocycles. The minimum Gasteiger partial charge on any atom is -0.468 e. The van der Waals surface area contributed by atoms with Crippen LogP contribution in [0.1, 0.15) is 33.6 Å². The Hall–Kier alpha value is -1.10. The second-order valence-corrected chi connectivity index (χ2v) is 4.09. The van der Waals surface area contributed by atoms with Gasteiger partial charge in [-0.15, -0.1) is 0 Å². The van der Waals surface area contributed by atoms with E-state index in [1.54, 1.807) is 6.92 Å². The van der Waals surface area contributed by atoms with Crippen molar-refractivity contribution in [2.75, 3.05) is 27.3 Å². The maximum Gasteiger partial charge on any atom is 0.325 e. The van der Waals surface area contributed by atoms with Crippen LogP contribution in [-0.2, 0) is 19.1 Å². The summed E-state index contributed by atoms with van der Waals surface area (Å²) in [5.41, 5.74) is -0.872. The van der Waals surface area contributed by atoms with Crippen LogP contribution in [0, 0.1) is 0 Å². The van der Waals surface area contributed by atoms with Crippen LogP contribution >= 0.6 is 0 Å². The van der Waals surface area contributed by atoms with E-state index >= 15 is 0 Å². The molecule has 0 radical (unpaired) electrons. The fraction of sp³-hybridized carbons (Fsp3) is 0.833. The molecule has 0 aromatic rings. The molecule has 0 aliphatic heterocycles. The van der Waals surface area contributed by atoms with Gasteiger partial charge in [0.05, 0.1) is 7.11 Å². The Morgan fingerprint density at radius 3 is 2.18 bits per heavy atom. The van der Waals surface area contributed by atoms with Crippen molar-refractivity contribution in [3.63, 3.8) is 0 Å². The summed E-state index contributed by atoms with van der Waals surface area (Å²) in [5.74, 6) is -0.587. The molecule has 0 rings (SSSR count). The van der Waals surface area contributed by atoms with Crippen LogP contribution in [-0.4, -0.2) is 49.7 Å². The summed E-state index contributed by atoms with van der Waals surface area (Å²) in [4.78, 5) is 25.0. The maximum atomic E-state index is 12.3. The Kier molecular flexibility index (Phi) is 6.80. The molecule has 0 aliphatic rings. The number of esters is 1. The number of nitrogens with zero attached hydrogens (tertiary/aromatic N) is 1. The summed E-state index contributed by atoms with van der Waals surface area (Å²) < 4.78 is 9.83. The first kappa shape index (κ1) is 15.9. The standard InChI is InChI=1S/C12H23NO4/c1-6-8-13(9-10(14)16-4)11(15)12(3,7-2)17-5/h6-9H2,1-5H3. The van der Waals surface area contributed by atoms with Gasteiger partial charge in [-0.25, -0.2) is 0 Å². The van der Waals surface area contributed by atoms with Gasteiger partial charge in [-0.1, -0.05) is 13.8 Å². The first-order valence-corrected chi connectivity index (χ1v) is 5.86. The zero-order valence-corrected chi connectivity index (χ0v) is 11.4. The monoisotopic (exact) mass is 245 g/mol. The molecule has 0 spiro atoms. The second-order valence-electron chi connectivity index (χ2n) is 4.09. The Labute approximate surface area is 103 Å². The largest absolute Gasteiger partial charge is 0.468 e. The summed E-state index contributed by atoms with van der Waals surface area (Å²) in [6, 6.07) is 0. The van der Waals surface area contributed by atoms with E-state index in [4.69, 9.17) is 4.74 Å². The second kappa shape index (κ2) is 7.27. The Morgan fingerprint density at radius 2 is 1.82 bits per heavy atom. The molecule has 5 nitrogen and oxygen atoms in total.